The quantitative estimate of drug-likeness (QED) is 0.527. The summed E-state index contributed by atoms with van der Waals surface area (Å²) in [7, 11) is 1.27. The minimum absolute atomic E-state index is 0.0423. The minimum Gasteiger partial charge on any atom is -0.331 e. The van der Waals surface area contributed by atoms with Crippen LogP contribution in [0.1, 0.15) is 25.1 Å². The molecule has 0 bridgehead atoms. The molecule has 1 heterocycles. The number of hydrogen-bond donors (Lipinski definition) is 2. The van der Waals surface area contributed by atoms with E-state index in [0.717, 1.165) is 22.7 Å². The normalized spacial score (nSPS) is 13.9. The number of fused-ring (bicyclic) bond motifs is 1. The minimum atomic E-state index is -3.55. The highest BCUT2D eigenvalue weighted by atomic mass is 32.2. The number of aromatic nitrogens is 2. The van der Waals surface area contributed by atoms with E-state index < -0.39 is 10.0 Å². The number of carbonyl (C=O) groups is 2. The van der Waals surface area contributed by atoms with E-state index in [1.807, 2.05) is 11.6 Å². The summed E-state index contributed by atoms with van der Waals surface area (Å²) < 4.78 is 27.8. The van der Waals surface area contributed by atoms with E-state index in [4.69, 9.17) is 0 Å². The van der Waals surface area contributed by atoms with Gasteiger partial charge in [-0.2, -0.15) is 0 Å². The predicted octanol–water partition coefficient (Wildman–Crippen LogP) is 2.74. The molecule has 9 nitrogen and oxygen atoms in total. The van der Waals surface area contributed by atoms with E-state index in [1.165, 1.54) is 14.1 Å². The topological polar surface area (TPSA) is 113 Å². The van der Waals surface area contributed by atoms with Gasteiger partial charge in [-0.3, -0.25) is 9.59 Å². The fraction of sp³-hybridized carbons (Fsp3) is 0.348. The molecule has 0 radical (unpaired) electrons. The first-order chi connectivity index (χ1) is 15.6. The van der Waals surface area contributed by atoms with Crippen molar-refractivity contribution in [3.8, 4) is 0 Å². The third kappa shape index (κ3) is 5.07. The summed E-state index contributed by atoms with van der Waals surface area (Å²) in [5.74, 6) is 0.710. The Balaban J connectivity index is 1.38. The van der Waals surface area contributed by atoms with Crippen molar-refractivity contribution in [3.05, 3.63) is 48.3 Å². The zero-order chi connectivity index (χ0) is 23.8. The van der Waals surface area contributed by atoms with Crippen molar-refractivity contribution in [2.75, 3.05) is 24.7 Å². The van der Waals surface area contributed by atoms with Crippen LogP contribution in [0.15, 0.2) is 47.4 Å². The van der Waals surface area contributed by atoms with Gasteiger partial charge in [0.25, 0.3) is 0 Å². The van der Waals surface area contributed by atoms with Gasteiger partial charge in [0.15, 0.2) is 0 Å². The SMILES string of the molecule is CN(C)S(=O)(=O)c1ccc2c(c1)nc(CCC(=O)Nc1ccc(NC(=O)C3CC3)cc1)n2C. The molecule has 3 aromatic rings. The molecular weight excluding hydrogens is 442 g/mol. The van der Waals surface area contributed by atoms with Crippen molar-refractivity contribution in [3.63, 3.8) is 0 Å². The van der Waals surface area contributed by atoms with Gasteiger partial charge in [-0.25, -0.2) is 17.7 Å². The molecule has 0 spiro atoms. The van der Waals surface area contributed by atoms with Gasteiger partial charge in [-0.1, -0.05) is 0 Å². The van der Waals surface area contributed by atoms with E-state index in [2.05, 4.69) is 15.6 Å². The summed E-state index contributed by atoms with van der Waals surface area (Å²) in [4.78, 5) is 29.0. The average molecular weight is 470 g/mol. The van der Waals surface area contributed by atoms with Gasteiger partial charge >= 0.3 is 0 Å². The molecule has 1 aliphatic carbocycles. The fourth-order valence-corrected chi connectivity index (χ4v) is 4.42. The maximum absolute atomic E-state index is 12.4. The van der Waals surface area contributed by atoms with Crippen LogP contribution in [0.5, 0.6) is 0 Å². The molecule has 0 atom stereocenters. The van der Waals surface area contributed by atoms with Crippen LogP contribution in [0.3, 0.4) is 0 Å². The third-order valence-corrected chi connectivity index (χ3v) is 7.49. The van der Waals surface area contributed by atoms with Crippen molar-refractivity contribution in [1.29, 1.82) is 0 Å². The Labute approximate surface area is 192 Å². The van der Waals surface area contributed by atoms with Crippen molar-refractivity contribution >= 4 is 44.2 Å². The lowest BCUT2D eigenvalue weighted by Gasteiger charge is -2.10. The Morgan fingerprint density at radius 3 is 2.30 bits per heavy atom. The first-order valence-electron chi connectivity index (χ1n) is 10.7. The van der Waals surface area contributed by atoms with Crippen molar-refractivity contribution in [1.82, 2.24) is 13.9 Å². The summed E-state index contributed by atoms with van der Waals surface area (Å²) in [6.07, 6.45) is 2.52. The number of imidazole rings is 1. The van der Waals surface area contributed by atoms with Crippen molar-refractivity contribution in [2.24, 2.45) is 13.0 Å². The number of hydrogen-bond acceptors (Lipinski definition) is 5. The van der Waals surface area contributed by atoms with Crippen LogP contribution in [0.4, 0.5) is 11.4 Å². The molecule has 0 unspecified atom stereocenters. The number of nitrogens with zero attached hydrogens (tertiary/aromatic N) is 3. The summed E-state index contributed by atoms with van der Waals surface area (Å²) in [6.45, 7) is 0. The molecule has 1 saturated carbocycles. The number of aryl methyl sites for hydroxylation is 2. The van der Waals surface area contributed by atoms with Gasteiger partial charge in [0.05, 0.1) is 15.9 Å². The Hall–Kier alpha value is -3.24. The molecular formula is C23H27N5O4S. The number of rotatable bonds is 8. The number of nitrogens with one attached hydrogen (secondary N) is 2. The summed E-state index contributed by atoms with van der Waals surface area (Å²) in [5.41, 5.74) is 2.72. The maximum atomic E-state index is 12.4. The van der Waals surface area contributed by atoms with Crippen LogP contribution in [-0.2, 0) is 33.1 Å². The van der Waals surface area contributed by atoms with Crippen molar-refractivity contribution in [2.45, 2.75) is 30.6 Å². The Bertz CT molecular complexity index is 1310. The van der Waals surface area contributed by atoms with Gasteiger partial charge in [0, 0.05) is 51.3 Å². The number of sulfonamides is 1. The molecule has 33 heavy (non-hydrogen) atoms. The highest BCUT2D eigenvalue weighted by Crippen LogP contribution is 2.30. The molecule has 174 valence electrons. The van der Waals surface area contributed by atoms with E-state index >= 15 is 0 Å². The van der Waals surface area contributed by atoms with Crippen LogP contribution in [0.25, 0.3) is 11.0 Å². The molecule has 2 N–H and O–H groups in total. The monoisotopic (exact) mass is 469 g/mol. The summed E-state index contributed by atoms with van der Waals surface area (Å²) >= 11 is 0. The molecule has 2 amide bonds. The molecule has 0 aliphatic heterocycles. The number of carbonyl (C=O) groups excluding carboxylic acids is 2. The highest BCUT2D eigenvalue weighted by molar-refractivity contribution is 7.89. The second-order valence-corrected chi connectivity index (χ2v) is 10.6. The van der Waals surface area contributed by atoms with Gasteiger partial charge in [-0.05, 0) is 55.3 Å². The lowest BCUT2D eigenvalue weighted by atomic mass is 10.2. The first-order valence-corrected chi connectivity index (χ1v) is 12.2. The molecule has 1 fully saturated rings. The van der Waals surface area contributed by atoms with Gasteiger partial charge in [-0.15, -0.1) is 0 Å². The zero-order valence-corrected chi connectivity index (χ0v) is 19.6. The molecule has 0 saturated heterocycles. The molecule has 1 aliphatic rings. The predicted molar refractivity (Wildman–Crippen MR) is 126 cm³/mol. The largest absolute Gasteiger partial charge is 0.331 e. The molecule has 10 heteroatoms. The van der Waals surface area contributed by atoms with E-state index in [0.29, 0.717) is 29.1 Å². The molecule has 2 aromatic carbocycles. The van der Waals surface area contributed by atoms with Crippen LogP contribution >= 0.6 is 0 Å². The number of anilines is 2. The Kier molecular flexibility index (Phi) is 6.22. The highest BCUT2D eigenvalue weighted by Gasteiger charge is 2.29. The summed E-state index contributed by atoms with van der Waals surface area (Å²) in [5, 5.41) is 5.72. The van der Waals surface area contributed by atoms with Crippen LogP contribution in [0.2, 0.25) is 0 Å². The number of amides is 2. The Morgan fingerprint density at radius 2 is 1.70 bits per heavy atom. The fourth-order valence-electron chi connectivity index (χ4n) is 3.50. The number of benzene rings is 2. The smallest absolute Gasteiger partial charge is 0.242 e. The van der Waals surface area contributed by atoms with Gasteiger partial charge in [0.2, 0.25) is 21.8 Å². The zero-order valence-electron chi connectivity index (χ0n) is 18.8. The second-order valence-electron chi connectivity index (χ2n) is 8.41. The second kappa shape index (κ2) is 8.95. The van der Waals surface area contributed by atoms with Crippen LogP contribution in [0, 0.1) is 5.92 Å². The molecule has 4 rings (SSSR count). The standard InChI is InChI=1S/C23H27N5O4S/c1-27(2)33(31,32)18-10-11-20-19(14-18)26-21(28(20)3)12-13-22(29)24-16-6-8-17(9-7-16)25-23(30)15-4-5-15/h6-11,14-15H,4-5,12-13H2,1-3H3,(H,24,29)(H,25,30). The van der Waals surface area contributed by atoms with Crippen LogP contribution in [-0.4, -0.2) is 48.2 Å². The maximum Gasteiger partial charge on any atom is 0.242 e. The Morgan fingerprint density at radius 1 is 1.06 bits per heavy atom. The van der Waals surface area contributed by atoms with E-state index in [9.17, 15) is 18.0 Å². The van der Waals surface area contributed by atoms with Gasteiger partial charge < -0.3 is 15.2 Å². The lowest BCUT2D eigenvalue weighted by molar-refractivity contribution is -0.117. The first kappa shape index (κ1) is 22.9. The van der Waals surface area contributed by atoms with Crippen molar-refractivity contribution < 1.29 is 18.0 Å². The molecule has 1 aromatic heterocycles. The average Bonchev–Trinajstić information content (AvgIpc) is 3.58. The van der Waals surface area contributed by atoms with Crippen LogP contribution < -0.4 is 10.6 Å². The van der Waals surface area contributed by atoms with Gasteiger partial charge in [0.1, 0.15) is 5.82 Å². The lowest BCUT2D eigenvalue weighted by Crippen LogP contribution is -2.22. The third-order valence-electron chi connectivity index (χ3n) is 5.68. The van der Waals surface area contributed by atoms with E-state index in [-0.39, 0.29) is 29.0 Å². The van der Waals surface area contributed by atoms with E-state index in [1.54, 1.807) is 42.5 Å². The summed E-state index contributed by atoms with van der Waals surface area (Å²) in [6, 6.07) is 11.9.